The molecule has 1 aromatic rings. The van der Waals surface area contributed by atoms with E-state index in [1.165, 1.54) is 0 Å². The highest BCUT2D eigenvalue weighted by Crippen LogP contribution is 2.21. The number of rotatable bonds is 4. The minimum atomic E-state index is -0.157. The predicted octanol–water partition coefficient (Wildman–Crippen LogP) is 1.88. The molecule has 2 N–H and O–H groups in total. The topological polar surface area (TPSA) is 78.5 Å². The monoisotopic (exact) mass is 331 g/mol. The van der Waals surface area contributed by atoms with Crippen LogP contribution in [0.25, 0.3) is 0 Å². The predicted molar refractivity (Wildman–Crippen MR) is 92.6 cm³/mol. The largest absolute Gasteiger partial charge is 0.355 e. The van der Waals surface area contributed by atoms with Gasteiger partial charge in [-0.05, 0) is 37.1 Å². The van der Waals surface area contributed by atoms with E-state index in [1.807, 2.05) is 18.7 Å². The third kappa shape index (κ3) is 4.34. The summed E-state index contributed by atoms with van der Waals surface area (Å²) >= 11 is 0. The summed E-state index contributed by atoms with van der Waals surface area (Å²) in [5.74, 6) is -0.123. The first-order chi connectivity index (χ1) is 11.4. The van der Waals surface area contributed by atoms with Crippen molar-refractivity contribution in [3.8, 4) is 0 Å². The summed E-state index contributed by atoms with van der Waals surface area (Å²) in [5.41, 5.74) is 1.23. The maximum Gasteiger partial charge on any atom is 0.251 e. The number of anilines is 1. The lowest BCUT2D eigenvalue weighted by atomic mass is 9.95. The van der Waals surface area contributed by atoms with Crippen LogP contribution in [0.4, 0.5) is 5.69 Å². The standard InChI is InChI=1S/C18H25N3O3/c1-12(2)18(24)21-10-8-14(9-11-21)17(23)20-15-6-4-13(5-7-15)16(22)19-3/h4-7,12,14H,8-11H2,1-3H3,(H,19,22)(H,20,23). The number of likely N-dealkylation sites (tertiary alicyclic amines) is 1. The van der Waals surface area contributed by atoms with E-state index in [2.05, 4.69) is 10.6 Å². The van der Waals surface area contributed by atoms with Crippen molar-refractivity contribution in [1.82, 2.24) is 10.2 Å². The molecule has 0 saturated carbocycles. The van der Waals surface area contributed by atoms with Gasteiger partial charge < -0.3 is 15.5 Å². The first-order valence-electron chi connectivity index (χ1n) is 8.34. The van der Waals surface area contributed by atoms with Gasteiger partial charge in [-0.1, -0.05) is 13.8 Å². The Morgan fingerprint density at radius 2 is 1.67 bits per heavy atom. The van der Waals surface area contributed by atoms with Crippen molar-refractivity contribution in [2.45, 2.75) is 26.7 Å². The molecule has 0 aliphatic carbocycles. The van der Waals surface area contributed by atoms with Gasteiger partial charge in [0, 0.05) is 43.2 Å². The molecule has 1 saturated heterocycles. The smallest absolute Gasteiger partial charge is 0.251 e. The fourth-order valence-electron chi connectivity index (χ4n) is 2.82. The molecule has 1 fully saturated rings. The van der Waals surface area contributed by atoms with Gasteiger partial charge in [0.15, 0.2) is 0 Å². The minimum absolute atomic E-state index is 0.00536. The number of benzene rings is 1. The average molecular weight is 331 g/mol. The summed E-state index contributed by atoms with van der Waals surface area (Å²) in [6.45, 7) is 5.04. The van der Waals surface area contributed by atoms with Crippen LogP contribution in [0.3, 0.4) is 0 Å². The number of hydrogen-bond donors (Lipinski definition) is 2. The zero-order valence-electron chi connectivity index (χ0n) is 14.5. The minimum Gasteiger partial charge on any atom is -0.355 e. The van der Waals surface area contributed by atoms with Gasteiger partial charge in [0.25, 0.3) is 5.91 Å². The van der Waals surface area contributed by atoms with Gasteiger partial charge in [-0.15, -0.1) is 0 Å². The number of carbonyl (C=O) groups excluding carboxylic acids is 3. The van der Waals surface area contributed by atoms with E-state index >= 15 is 0 Å². The molecule has 2 rings (SSSR count). The molecule has 1 heterocycles. The quantitative estimate of drug-likeness (QED) is 0.884. The third-order valence-electron chi connectivity index (χ3n) is 4.31. The van der Waals surface area contributed by atoms with Gasteiger partial charge in [-0.2, -0.15) is 0 Å². The van der Waals surface area contributed by atoms with Gasteiger partial charge in [-0.25, -0.2) is 0 Å². The molecule has 0 unspecified atom stereocenters. The Balaban J connectivity index is 1.87. The number of nitrogens with one attached hydrogen (secondary N) is 2. The molecular weight excluding hydrogens is 306 g/mol. The van der Waals surface area contributed by atoms with E-state index in [-0.39, 0.29) is 29.6 Å². The maximum absolute atomic E-state index is 12.4. The zero-order valence-corrected chi connectivity index (χ0v) is 14.5. The summed E-state index contributed by atoms with van der Waals surface area (Å²) in [4.78, 5) is 37.7. The van der Waals surface area contributed by atoms with Crippen LogP contribution in [0.1, 0.15) is 37.0 Å². The van der Waals surface area contributed by atoms with E-state index in [0.29, 0.717) is 37.2 Å². The number of hydrogen-bond acceptors (Lipinski definition) is 3. The number of amides is 3. The van der Waals surface area contributed by atoms with Crippen LogP contribution in [-0.2, 0) is 9.59 Å². The van der Waals surface area contributed by atoms with Gasteiger partial charge in [0.2, 0.25) is 11.8 Å². The Morgan fingerprint density at radius 1 is 1.08 bits per heavy atom. The molecule has 0 aromatic heterocycles. The highest BCUT2D eigenvalue weighted by molar-refractivity contribution is 5.96. The van der Waals surface area contributed by atoms with Crippen molar-refractivity contribution in [3.63, 3.8) is 0 Å². The highest BCUT2D eigenvalue weighted by atomic mass is 16.2. The molecule has 6 heteroatoms. The molecule has 0 bridgehead atoms. The highest BCUT2D eigenvalue weighted by Gasteiger charge is 2.28. The Hall–Kier alpha value is -2.37. The molecule has 6 nitrogen and oxygen atoms in total. The normalized spacial score (nSPS) is 15.2. The molecule has 0 atom stereocenters. The molecule has 0 spiro atoms. The van der Waals surface area contributed by atoms with Gasteiger partial charge in [-0.3, -0.25) is 14.4 Å². The van der Waals surface area contributed by atoms with Crippen LogP contribution in [0.2, 0.25) is 0 Å². The molecule has 3 amide bonds. The Bertz CT molecular complexity index is 602. The fourth-order valence-corrected chi connectivity index (χ4v) is 2.82. The summed E-state index contributed by atoms with van der Waals surface area (Å²) in [5, 5.41) is 5.44. The third-order valence-corrected chi connectivity index (χ3v) is 4.31. The van der Waals surface area contributed by atoms with Crippen molar-refractivity contribution in [1.29, 1.82) is 0 Å². The van der Waals surface area contributed by atoms with Crippen LogP contribution < -0.4 is 10.6 Å². The summed E-state index contributed by atoms with van der Waals surface area (Å²) in [7, 11) is 1.58. The molecule has 1 aliphatic heterocycles. The average Bonchev–Trinajstić information content (AvgIpc) is 2.61. The second kappa shape index (κ2) is 7.95. The Labute approximate surface area is 142 Å². The van der Waals surface area contributed by atoms with Crippen LogP contribution in [0.5, 0.6) is 0 Å². The van der Waals surface area contributed by atoms with Crippen LogP contribution >= 0.6 is 0 Å². The number of carbonyl (C=O) groups is 3. The second-order valence-corrected chi connectivity index (χ2v) is 6.40. The van der Waals surface area contributed by atoms with E-state index in [9.17, 15) is 14.4 Å². The van der Waals surface area contributed by atoms with E-state index in [1.54, 1.807) is 31.3 Å². The molecule has 0 radical (unpaired) electrons. The SMILES string of the molecule is CNC(=O)c1ccc(NC(=O)C2CCN(C(=O)C(C)C)CC2)cc1. The van der Waals surface area contributed by atoms with E-state index in [4.69, 9.17) is 0 Å². The van der Waals surface area contributed by atoms with Crippen molar-refractivity contribution in [2.24, 2.45) is 11.8 Å². The Kier molecular flexibility index (Phi) is 5.95. The lowest BCUT2D eigenvalue weighted by Crippen LogP contribution is -2.43. The first-order valence-corrected chi connectivity index (χ1v) is 8.34. The van der Waals surface area contributed by atoms with Crippen LogP contribution in [0.15, 0.2) is 24.3 Å². The van der Waals surface area contributed by atoms with Gasteiger partial charge in [0.1, 0.15) is 0 Å². The van der Waals surface area contributed by atoms with Gasteiger partial charge in [0.05, 0.1) is 0 Å². The van der Waals surface area contributed by atoms with E-state index < -0.39 is 0 Å². The zero-order chi connectivity index (χ0) is 17.7. The number of nitrogens with zero attached hydrogens (tertiary/aromatic N) is 1. The second-order valence-electron chi connectivity index (χ2n) is 6.40. The molecule has 24 heavy (non-hydrogen) atoms. The molecule has 1 aliphatic rings. The van der Waals surface area contributed by atoms with Gasteiger partial charge >= 0.3 is 0 Å². The Morgan fingerprint density at radius 3 is 2.17 bits per heavy atom. The molecule has 130 valence electrons. The fraction of sp³-hybridized carbons (Fsp3) is 0.500. The van der Waals surface area contributed by atoms with Crippen molar-refractivity contribution >= 4 is 23.4 Å². The lowest BCUT2D eigenvalue weighted by Gasteiger charge is -2.32. The molecular formula is C18H25N3O3. The van der Waals surface area contributed by atoms with Crippen molar-refractivity contribution in [3.05, 3.63) is 29.8 Å². The molecule has 1 aromatic carbocycles. The summed E-state index contributed by atoms with van der Waals surface area (Å²) in [6, 6.07) is 6.80. The van der Waals surface area contributed by atoms with Crippen LogP contribution in [0, 0.1) is 11.8 Å². The maximum atomic E-state index is 12.4. The summed E-state index contributed by atoms with van der Waals surface area (Å²) < 4.78 is 0. The van der Waals surface area contributed by atoms with Crippen LogP contribution in [-0.4, -0.2) is 42.8 Å². The first kappa shape index (κ1) is 18.0. The van der Waals surface area contributed by atoms with Crippen molar-refractivity contribution < 1.29 is 14.4 Å². The number of piperidine rings is 1. The summed E-state index contributed by atoms with van der Waals surface area (Å²) in [6.07, 6.45) is 1.36. The van der Waals surface area contributed by atoms with E-state index in [0.717, 1.165) is 0 Å². The lowest BCUT2D eigenvalue weighted by molar-refractivity contribution is -0.137. The van der Waals surface area contributed by atoms with Crippen molar-refractivity contribution in [2.75, 3.05) is 25.5 Å².